The maximum atomic E-state index is 12.6. The molecular formula is C21H20N2O3. The second-order valence-electron chi connectivity index (χ2n) is 7.27. The predicted molar refractivity (Wildman–Crippen MR) is 97.8 cm³/mol. The molecule has 0 saturated carbocycles. The van der Waals surface area contributed by atoms with Gasteiger partial charge in [0.1, 0.15) is 5.75 Å². The summed E-state index contributed by atoms with van der Waals surface area (Å²) < 4.78 is 5.56. The molecule has 2 aromatic rings. The van der Waals surface area contributed by atoms with E-state index in [4.69, 9.17) is 4.74 Å². The van der Waals surface area contributed by atoms with E-state index in [-0.39, 0.29) is 11.7 Å². The number of nitrogens with one attached hydrogen (secondary N) is 2. The Morgan fingerprint density at radius 2 is 1.73 bits per heavy atom. The van der Waals surface area contributed by atoms with Crippen LogP contribution in [0.3, 0.4) is 0 Å². The van der Waals surface area contributed by atoms with Crippen molar-refractivity contribution in [3.63, 3.8) is 0 Å². The average molecular weight is 348 g/mol. The molecule has 3 aliphatic rings. The molecule has 5 heteroatoms. The fourth-order valence-electron chi connectivity index (χ4n) is 4.33. The van der Waals surface area contributed by atoms with E-state index >= 15 is 0 Å². The van der Waals surface area contributed by atoms with Gasteiger partial charge in [-0.1, -0.05) is 18.2 Å². The third-order valence-corrected chi connectivity index (χ3v) is 5.76. The van der Waals surface area contributed by atoms with Gasteiger partial charge in [0.25, 0.3) is 5.91 Å². The van der Waals surface area contributed by atoms with E-state index < -0.39 is 0 Å². The van der Waals surface area contributed by atoms with Crippen molar-refractivity contribution in [2.45, 2.75) is 12.3 Å². The van der Waals surface area contributed by atoms with Crippen LogP contribution in [0.15, 0.2) is 36.4 Å². The van der Waals surface area contributed by atoms with Crippen LogP contribution in [0, 0.1) is 5.92 Å². The van der Waals surface area contributed by atoms with Gasteiger partial charge in [-0.15, -0.1) is 0 Å². The number of benzene rings is 2. The molecule has 0 unspecified atom stereocenters. The van der Waals surface area contributed by atoms with Crippen LogP contribution in [-0.2, 0) is 0 Å². The molecule has 3 heterocycles. The van der Waals surface area contributed by atoms with E-state index in [9.17, 15) is 9.59 Å². The number of hydrogen-bond donors (Lipinski definition) is 2. The minimum atomic E-state index is -0.00591. The Hall–Kier alpha value is -2.66. The number of carbonyl (C=O) groups is 2. The molecule has 0 aromatic heterocycles. The van der Waals surface area contributed by atoms with Gasteiger partial charge in [0.05, 0.1) is 12.2 Å². The Labute approximate surface area is 151 Å². The van der Waals surface area contributed by atoms with Crippen LogP contribution in [0.2, 0.25) is 0 Å². The molecule has 1 saturated heterocycles. The molecule has 2 atom stereocenters. The summed E-state index contributed by atoms with van der Waals surface area (Å²) in [4.78, 5) is 24.8. The van der Waals surface area contributed by atoms with Gasteiger partial charge in [-0.2, -0.15) is 0 Å². The number of ether oxygens (including phenoxy) is 1. The highest BCUT2D eigenvalue weighted by atomic mass is 16.5. The molecule has 1 fully saturated rings. The molecule has 0 bridgehead atoms. The minimum Gasteiger partial charge on any atom is -0.492 e. The number of amides is 1. The van der Waals surface area contributed by atoms with Gasteiger partial charge >= 0.3 is 0 Å². The van der Waals surface area contributed by atoms with E-state index in [0.717, 1.165) is 35.3 Å². The molecule has 3 aliphatic heterocycles. The van der Waals surface area contributed by atoms with Crippen LogP contribution in [-0.4, -0.2) is 37.9 Å². The van der Waals surface area contributed by atoms with Crippen molar-refractivity contribution < 1.29 is 14.3 Å². The summed E-state index contributed by atoms with van der Waals surface area (Å²) in [5, 5.41) is 6.49. The number of fused-ring (bicyclic) bond motifs is 4. The number of rotatable bonds is 1. The molecule has 0 aliphatic carbocycles. The SMILES string of the molecule is O=C1CCOc2ccc(-c3ccc4c(c3)C(=O)NC[C@@H]3CNC[C@@H]43)cc21. The maximum Gasteiger partial charge on any atom is 0.251 e. The highest BCUT2D eigenvalue weighted by molar-refractivity contribution is 6.01. The quantitative estimate of drug-likeness (QED) is 0.830. The maximum absolute atomic E-state index is 12.6. The highest BCUT2D eigenvalue weighted by Crippen LogP contribution is 2.36. The first-order valence-electron chi connectivity index (χ1n) is 9.14. The zero-order chi connectivity index (χ0) is 17.7. The van der Waals surface area contributed by atoms with E-state index in [2.05, 4.69) is 22.8 Å². The van der Waals surface area contributed by atoms with E-state index in [0.29, 0.717) is 42.7 Å². The van der Waals surface area contributed by atoms with Crippen molar-refractivity contribution in [1.29, 1.82) is 0 Å². The van der Waals surface area contributed by atoms with Crippen molar-refractivity contribution in [2.75, 3.05) is 26.2 Å². The fourth-order valence-corrected chi connectivity index (χ4v) is 4.33. The standard InChI is InChI=1S/C21H20N2O3/c24-19-5-6-26-20-4-2-13(8-17(19)20)12-1-3-15-16(7-12)21(25)23-10-14-9-22-11-18(14)15/h1-4,7-8,14,18,22H,5-6,9-11H2,(H,23,25)/t14-,18+/m0/s1. The van der Waals surface area contributed by atoms with Crippen LogP contribution in [0.4, 0.5) is 0 Å². The monoisotopic (exact) mass is 348 g/mol. The molecule has 2 aromatic carbocycles. The van der Waals surface area contributed by atoms with E-state index in [1.165, 1.54) is 0 Å². The number of carbonyl (C=O) groups excluding carboxylic acids is 2. The molecule has 0 spiro atoms. The fraction of sp³-hybridized carbons (Fsp3) is 0.333. The van der Waals surface area contributed by atoms with Gasteiger partial charge < -0.3 is 15.4 Å². The summed E-state index contributed by atoms with van der Waals surface area (Å²) in [6, 6.07) is 11.8. The van der Waals surface area contributed by atoms with Gasteiger partial charge in [0.2, 0.25) is 0 Å². The highest BCUT2D eigenvalue weighted by Gasteiger charge is 2.34. The van der Waals surface area contributed by atoms with Gasteiger partial charge in [0.15, 0.2) is 5.78 Å². The zero-order valence-corrected chi connectivity index (χ0v) is 14.4. The van der Waals surface area contributed by atoms with Crippen molar-refractivity contribution in [3.05, 3.63) is 53.1 Å². The third-order valence-electron chi connectivity index (χ3n) is 5.76. The first-order chi connectivity index (χ1) is 12.7. The van der Waals surface area contributed by atoms with Crippen LogP contribution in [0.1, 0.15) is 38.6 Å². The second-order valence-corrected chi connectivity index (χ2v) is 7.27. The number of Topliss-reactive ketones (excluding diaryl/α,β-unsaturated/α-hetero) is 1. The number of ketones is 1. The summed E-state index contributed by atoms with van der Waals surface area (Å²) in [6.07, 6.45) is 0.416. The lowest BCUT2D eigenvalue weighted by molar-refractivity contribution is 0.0930. The van der Waals surface area contributed by atoms with Crippen LogP contribution >= 0.6 is 0 Å². The second kappa shape index (κ2) is 5.95. The Morgan fingerprint density at radius 3 is 2.62 bits per heavy atom. The zero-order valence-electron chi connectivity index (χ0n) is 14.4. The van der Waals surface area contributed by atoms with Crippen molar-refractivity contribution in [2.24, 2.45) is 5.92 Å². The van der Waals surface area contributed by atoms with E-state index in [1.54, 1.807) is 0 Å². The Balaban J connectivity index is 1.58. The minimum absolute atomic E-state index is 0.00591. The first kappa shape index (κ1) is 15.6. The summed E-state index contributed by atoms with van der Waals surface area (Å²) in [6.45, 7) is 3.02. The Kier molecular flexibility index (Phi) is 3.57. The number of hydrogen-bond acceptors (Lipinski definition) is 4. The topological polar surface area (TPSA) is 67.4 Å². The average Bonchev–Trinajstić information content (AvgIpc) is 3.09. The van der Waals surface area contributed by atoms with Gasteiger partial charge in [0, 0.05) is 37.5 Å². The first-order valence-corrected chi connectivity index (χ1v) is 9.14. The van der Waals surface area contributed by atoms with E-state index in [1.807, 2.05) is 24.3 Å². The molecule has 5 nitrogen and oxygen atoms in total. The summed E-state index contributed by atoms with van der Waals surface area (Å²) in [5.74, 6) is 1.58. The van der Waals surface area contributed by atoms with Gasteiger partial charge in [-0.25, -0.2) is 0 Å². The summed E-state index contributed by atoms with van der Waals surface area (Å²) in [7, 11) is 0. The van der Waals surface area contributed by atoms with Crippen molar-refractivity contribution in [1.82, 2.24) is 10.6 Å². The third kappa shape index (κ3) is 2.42. The molecular weight excluding hydrogens is 328 g/mol. The van der Waals surface area contributed by atoms with Crippen LogP contribution in [0.5, 0.6) is 5.75 Å². The largest absolute Gasteiger partial charge is 0.492 e. The lowest BCUT2D eigenvalue weighted by atomic mass is 9.86. The summed E-state index contributed by atoms with van der Waals surface area (Å²) >= 11 is 0. The lowest BCUT2D eigenvalue weighted by Gasteiger charge is -2.18. The smallest absolute Gasteiger partial charge is 0.251 e. The molecule has 2 N–H and O–H groups in total. The Morgan fingerprint density at radius 1 is 0.923 bits per heavy atom. The molecule has 26 heavy (non-hydrogen) atoms. The van der Waals surface area contributed by atoms with Gasteiger partial charge in [-0.3, -0.25) is 9.59 Å². The predicted octanol–water partition coefficient (Wildman–Crippen LogP) is 2.37. The molecule has 1 amide bonds. The van der Waals surface area contributed by atoms with Crippen molar-refractivity contribution >= 4 is 11.7 Å². The summed E-state index contributed by atoms with van der Waals surface area (Å²) in [5.41, 5.74) is 4.39. The lowest BCUT2D eigenvalue weighted by Crippen LogP contribution is -2.28. The normalized spacial score (nSPS) is 24.0. The van der Waals surface area contributed by atoms with Gasteiger partial charge in [-0.05, 0) is 40.8 Å². The molecule has 5 rings (SSSR count). The Bertz CT molecular complexity index is 921. The van der Waals surface area contributed by atoms with Crippen molar-refractivity contribution in [3.8, 4) is 16.9 Å². The molecule has 132 valence electrons. The van der Waals surface area contributed by atoms with Crippen LogP contribution < -0.4 is 15.4 Å². The van der Waals surface area contributed by atoms with Crippen LogP contribution in [0.25, 0.3) is 11.1 Å². The molecule has 0 radical (unpaired) electrons.